The second kappa shape index (κ2) is 5.69. The third-order valence-electron chi connectivity index (χ3n) is 5.46. The van der Waals surface area contributed by atoms with Crippen molar-refractivity contribution < 1.29 is 0 Å². The molecule has 0 saturated carbocycles. The van der Waals surface area contributed by atoms with E-state index in [0.29, 0.717) is 23.5 Å². The maximum atomic E-state index is 12.7. The van der Waals surface area contributed by atoms with Crippen LogP contribution in [-0.2, 0) is 20.6 Å². The molecule has 0 atom stereocenters. The normalized spacial score (nSPS) is 11.8. The lowest BCUT2D eigenvalue weighted by Gasteiger charge is -2.09. The monoisotopic (exact) mass is 373 g/mol. The minimum absolute atomic E-state index is 0.340. The summed E-state index contributed by atoms with van der Waals surface area (Å²) in [6.45, 7) is 2.62. The van der Waals surface area contributed by atoms with E-state index in [1.54, 1.807) is 11.4 Å². The minimum atomic E-state index is -0.379. The third-order valence-corrected chi connectivity index (χ3v) is 5.46. The Bertz CT molecular complexity index is 1510. The minimum Gasteiger partial charge on any atom is -0.310 e. The quantitative estimate of drug-likeness (QED) is 0.476. The van der Waals surface area contributed by atoms with E-state index in [1.807, 2.05) is 25.3 Å². The Morgan fingerprint density at radius 2 is 1.71 bits per heavy atom. The van der Waals surface area contributed by atoms with Gasteiger partial charge in [0.1, 0.15) is 0 Å². The van der Waals surface area contributed by atoms with Crippen LogP contribution in [0.3, 0.4) is 0 Å². The Morgan fingerprint density at radius 3 is 2.54 bits per heavy atom. The molecule has 0 aliphatic carbocycles. The smallest absolute Gasteiger partial charge is 0.310 e. The number of aromatic nitrogens is 5. The lowest BCUT2D eigenvalue weighted by molar-refractivity contribution is 0.707. The van der Waals surface area contributed by atoms with E-state index in [-0.39, 0.29) is 11.2 Å². The molecule has 0 spiro atoms. The highest BCUT2D eigenvalue weighted by molar-refractivity contribution is 5.85. The van der Waals surface area contributed by atoms with Gasteiger partial charge in [0.05, 0.1) is 6.54 Å². The first-order valence-electron chi connectivity index (χ1n) is 9.08. The summed E-state index contributed by atoms with van der Waals surface area (Å²) >= 11 is 0. The van der Waals surface area contributed by atoms with Crippen molar-refractivity contribution in [1.82, 2.24) is 23.1 Å². The molecule has 3 heterocycles. The standard InChI is InChI=1S/C21H19N5O2/c1-13-11-26-17-18(23(2)21(28)24(3)19(17)27)22-20(26)25(13)12-15-9-6-8-14-7-4-5-10-16(14)15/h4-11H,12H2,1-3H3. The van der Waals surface area contributed by atoms with Crippen LogP contribution in [0, 0.1) is 6.92 Å². The highest BCUT2D eigenvalue weighted by Crippen LogP contribution is 2.22. The van der Waals surface area contributed by atoms with Gasteiger partial charge in [-0.2, -0.15) is 4.98 Å². The molecule has 0 fully saturated rings. The van der Waals surface area contributed by atoms with Crippen molar-refractivity contribution in [2.75, 3.05) is 0 Å². The van der Waals surface area contributed by atoms with E-state index in [1.165, 1.54) is 28.0 Å². The van der Waals surface area contributed by atoms with Gasteiger partial charge in [-0.25, -0.2) is 4.79 Å². The zero-order valence-corrected chi connectivity index (χ0v) is 15.9. The van der Waals surface area contributed by atoms with Crippen molar-refractivity contribution in [2.24, 2.45) is 14.1 Å². The van der Waals surface area contributed by atoms with Gasteiger partial charge in [0.25, 0.3) is 5.56 Å². The average molecular weight is 373 g/mol. The number of aryl methyl sites for hydroxylation is 2. The van der Waals surface area contributed by atoms with E-state index < -0.39 is 0 Å². The number of nitrogens with zero attached hydrogens (tertiary/aromatic N) is 5. The number of fused-ring (bicyclic) bond motifs is 4. The van der Waals surface area contributed by atoms with Crippen LogP contribution in [0.25, 0.3) is 27.7 Å². The summed E-state index contributed by atoms with van der Waals surface area (Å²) in [4.78, 5) is 29.6. The maximum absolute atomic E-state index is 12.7. The van der Waals surface area contributed by atoms with Gasteiger partial charge in [-0.05, 0) is 23.3 Å². The molecule has 0 radical (unpaired) electrons. The third kappa shape index (κ3) is 2.13. The van der Waals surface area contributed by atoms with E-state index in [4.69, 9.17) is 0 Å². The summed E-state index contributed by atoms with van der Waals surface area (Å²) in [5.41, 5.74) is 2.26. The summed E-state index contributed by atoms with van der Waals surface area (Å²) in [5, 5.41) is 2.38. The van der Waals surface area contributed by atoms with Crippen LogP contribution >= 0.6 is 0 Å². The maximum Gasteiger partial charge on any atom is 0.332 e. The molecule has 5 aromatic rings. The average Bonchev–Trinajstić information content (AvgIpc) is 3.21. The lowest BCUT2D eigenvalue weighted by Crippen LogP contribution is -2.37. The van der Waals surface area contributed by atoms with Gasteiger partial charge in [-0.1, -0.05) is 42.5 Å². The number of rotatable bonds is 2. The van der Waals surface area contributed by atoms with Crippen LogP contribution in [0.1, 0.15) is 11.3 Å². The van der Waals surface area contributed by atoms with Crippen LogP contribution < -0.4 is 11.2 Å². The summed E-state index contributed by atoms with van der Waals surface area (Å²) in [6.07, 6.45) is 1.90. The van der Waals surface area contributed by atoms with Crippen LogP contribution in [-0.4, -0.2) is 23.1 Å². The summed E-state index contributed by atoms with van der Waals surface area (Å²) in [5.74, 6) is 0.652. The molecule has 0 saturated heterocycles. The molecular weight excluding hydrogens is 354 g/mol. The molecule has 0 unspecified atom stereocenters. The Balaban J connectivity index is 1.80. The molecule has 0 amide bonds. The van der Waals surface area contributed by atoms with Crippen molar-refractivity contribution in [2.45, 2.75) is 13.5 Å². The van der Waals surface area contributed by atoms with E-state index in [9.17, 15) is 9.59 Å². The topological polar surface area (TPSA) is 66.2 Å². The SMILES string of the molecule is Cc1cn2c3c(=O)n(C)c(=O)n(C)c3nc2n1Cc1cccc2ccccc12. The highest BCUT2D eigenvalue weighted by atomic mass is 16.2. The number of hydrogen-bond acceptors (Lipinski definition) is 3. The van der Waals surface area contributed by atoms with Crippen molar-refractivity contribution in [3.8, 4) is 0 Å². The zero-order chi connectivity index (χ0) is 19.6. The predicted molar refractivity (Wildman–Crippen MR) is 109 cm³/mol. The second-order valence-electron chi connectivity index (χ2n) is 7.15. The fraction of sp³-hybridized carbons (Fsp3) is 0.190. The van der Waals surface area contributed by atoms with Gasteiger partial charge in [-0.3, -0.25) is 18.3 Å². The van der Waals surface area contributed by atoms with Crippen LogP contribution in [0.4, 0.5) is 0 Å². The Morgan fingerprint density at radius 1 is 0.964 bits per heavy atom. The number of hydrogen-bond donors (Lipinski definition) is 0. The van der Waals surface area contributed by atoms with Gasteiger partial charge < -0.3 is 4.57 Å². The number of imidazole rings is 2. The van der Waals surface area contributed by atoms with Crippen molar-refractivity contribution in [3.05, 3.63) is 80.8 Å². The first kappa shape index (κ1) is 16.6. The molecule has 0 aliphatic heterocycles. The highest BCUT2D eigenvalue weighted by Gasteiger charge is 2.19. The fourth-order valence-electron chi connectivity index (χ4n) is 3.93. The predicted octanol–water partition coefficient (Wildman–Crippen LogP) is 2.20. The summed E-state index contributed by atoms with van der Waals surface area (Å²) in [7, 11) is 3.13. The molecule has 28 heavy (non-hydrogen) atoms. The molecule has 0 N–H and O–H groups in total. The molecule has 7 heteroatoms. The van der Waals surface area contributed by atoms with E-state index >= 15 is 0 Å². The van der Waals surface area contributed by atoms with Crippen molar-refractivity contribution >= 4 is 27.7 Å². The fourth-order valence-corrected chi connectivity index (χ4v) is 3.93. The zero-order valence-electron chi connectivity index (χ0n) is 15.9. The summed E-state index contributed by atoms with van der Waals surface area (Å²) < 4.78 is 6.40. The molecule has 0 aliphatic rings. The largest absolute Gasteiger partial charge is 0.332 e. The van der Waals surface area contributed by atoms with Crippen LogP contribution in [0.2, 0.25) is 0 Å². The van der Waals surface area contributed by atoms with E-state index in [0.717, 1.165) is 10.3 Å². The van der Waals surface area contributed by atoms with Gasteiger partial charge in [0.15, 0.2) is 11.2 Å². The van der Waals surface area contributed by atoms with Gasteiger partial charge in [0.2, 0.25) is 5.78 Å². The lowest BCUT2D eigenvalue weighted by atomic mass is 10.0. The van der Waals surface area contributed by atoms with Crippen molar-refractivity contribution in [1.29, 1.82) is 0 Å². The summed E-state index contributed by atoms with van der Waals surface area (Å²) in [6, 6.07) is 14.5. The molecular formula is C21H19N5O2. The van der Waals surface area contributed by atoms with Crippen molar-refractivity contribution in [3.63, 3.8) is 0 Å². The Hall–Kier alpha value is -3.61. The molecule has 0 bridgehead atoms. The first-order chi connectivity index (χ1) is 13.5. The molecule has 140 valence electrons. The van der Waals surface area contributed by atoms with E-state index in [2.05, 4.69) is 39.9 Å². The Kier molecular flexibility index (Phi) is 3.37. The number of benzene rings is 2. The van der Waals surface area contributed by atoms with Gasteiger partial charge >= 0.3 is 5.69 Å². The van der Waals surface area contributed by atoms with Gasteiger partial charge in [0, 0.05) is 26.0 Å². The first-order valence-corrected chi connectivity index (χ1v) is 9.08. The van der Waals surface area contributed by atoms with Gasteiger partial charge in [-0.15, -0.1) is 0 Å². The molecule has 5 rings (SSSR count). The van der Waals surface area contributed by atoms with Crippen LogP contribution in [0.5, 0.6) is 0 Å². The van der Waals surface area contributed by atoms with Crippen LogP contribution in [0.15, 0.2) is 58.3 Å². The molecule has 7 nitrogen and oxygen atoms in total. The molecule has 3 aromatic heterocycles. The second-order valence-corrected chi connectivity index (χ2v) is 7.15. The molecule has 2 aromatic carbocycles. The Labute approximate surface area is 159 Å².